The quantitative estimate of drug-likeness (QED) is 0.674. The fraction of sp³-hybridized carbons (Fsp3) is 0.211. The number of pyridine rings is 1. The summed E-state index contributed by atoms with van der Waals surface area (Å²) >= 11 is 0. The molecule has 2 aromatic heterocycles. The number of para-hydroxylation sites is 1. The largest absolute Gasteiger partial charge is 0.365 e. The Bertz CT molecular complexity index is 1080. The number of rotatable bonds is 3. The van der Waals surface area contributed by atoms with E-state index < -0.39 is 10.0 Å². The number of ether oxygens (including phenoxy) is 1. The van der Waals surface area contributed by atoms with E-state index in [1.54, 1.807) is 18.3 Å². The van der Waals surface area contributed by atoms with Gasteiger partial charge in [-0.2, -0.15) is 8.42 Å². The van der Waals surface area contributed by atoms with Gasteiger partial charge in [0.2, 0.25) is 0 Å². The van der Waals surface area contributed by atoms with Gasteiger partial charge < -0.3 is 4.74 Å². The second-order valence-electron chi connectivity index (χ2n) is 6.19. The summed E-state index contributed by atoms with van der Waals surface area (Å²) in [5.41, 5.74) is 3.52. The standard InChI is InChI=1S/C19H18N2O3S/c1-13-6-5-7-15-16(19-14(2)9-11-24-19)12-21(18(13)15)25(22,23)17-8-3-4-10-20-17/h3-10,12,19H,11H2,1-2H3. The Hall–Kier alpha value is -2.44. The van der Waals surface area contributed by atoms with Crippen LogP contribution in [0.5, 0.6) is 0 Å². The summed E-state index contributed by atoms with van der Waals surface area (Å²) < 4.78 is 33.5. The first kappa shape index (κ1) is 16.1. The van der Waals surface area contributed by atoms with E-state index in [4.69, 9.17) is 4.74 Å². The fourth-order valence-corrected chi connectivity index (χ4v) is 4.67. The van der Waals surface area contributed by atoms with Crippen LogP contribution in [0.3, 0.4) is 0 Å². The van der Waals surface area contributed by atoms with Crippen molar-refractivity contribution in [1.29, 1.82) is 0 Å². The smallest absolute Gasteiger partial charge is 0.285 e. The van der Waals surface area contributed by atoms with Crippen LogP contribution in [0.15, 0.2) is 65.5 Å². The SMILES string of the molecule is CC1=CCOC1c1cn(S(=O)(=O)c2ccccn2)c2c(C)cccc12. The van der Waals surface area contributed by atoms with E-state index in [0.717, 1.165) is 22.1 Å². The van der Waals surface area contributed by atoms with Crippen LogP contribution in [-0.2, 0) is 14.8 Å². The molecule has 1 aliphatic rings. The average Bonchev–Trinajstić information content (AvgIpc) is 3.20. The van der Waals surface area contributed by atoms with Gasteiger partial charge in [-0.3, -0.25) is 0 Å². The van der Waals surface area contributed by atoms with Crippen molar-refractivity contribution >= 4 is 20.9 Å². The Morgan fingerprint density at radius 1 is 1.16 bits per heavy atom. The fourth-order valence-electron chi connectivity index (χ4n) is 3.29. The highest BCUT2D eigenvalue weighted by Gasteiger charge is 2.28. The van der Waals surface area contributed by atoms with Crippen molar-refractivity contribution in [3.05, 3.63) is 71.6 Å². The van der Waals surface area contributed by atoms with Crippen molar-refractivity contribution in [2.24, 2.45) is 0 Å². The van der Waals surface area contributed by atoms with Gasteiger partial charge in [-0.05, 0) is 37.1 Å². The molecule has 0 spiro atoms. The maximum atomic E-state index is 13.2. The molecule has 0 fully saturated rings. The molecule has 1 aliphatic heterocycles. The van der Waals surface area contributed by atoms with Crippen molar-refractivity contribution < 1.29 is 13.2 Å². The van der Waals surface area contributed by atoms with Gasteiger partial charge in [0.15, 0.2) is 5.03 Å². The number of aryl methyl sites for hydroxylation is 1. The van der Waals surface area contributed by atoms with Crippen LogP contribution in [0.25, 0.3) is 10.9 Å². The van der Waals surface area contributed by atoms with Crippen molar-refractivity contribution in [2.45, 2.75) is 25.0 Å². The highest BCUT2D eigenvalue weighted by molar-refractivity contribution is 7.90. The molecule has 0 saturated carbocycles. The number of hydrogen-bond donors (Lipinski definition) is 0. The molecule has 3 aromatic rings. The van der Waals surface area contributed by atoms with Gasteiger partial charge in [-0.1, -0.05) is 30.3 Å². The Labute approximate surface area is 146 Å². The molecule has 1 aromatic carbocycles. The van der Waals surface area contributed by atoms with Crippen LogP contribution in [-0.4, -0.2) is 24.0 Å². The van der Waals surface area contributed by atoms with E-state index in [9.17, 15) is 8.42 Å². The van der Waals surface area contributed by atoms with Gasteiger partial charge in [0.1, 0.15) is 6.10 Å². The zero-order valence-electron chi connectivity index (χ0n) is 14.0. The predicted octanol–water partition coefficient (Wildman–Crippen LogP) is 3.60. The number of fused-ring (bicyclic) bond motifs is 1. The molecule has 3 heterocycles. The molecule has 0 aliphatic carbocycles. The lowest BCUT2D eigenvalue weighted by Crippen LogP contribution is -2.13. The summed E-state index contributed by atoms with van der Waals surface area (Å²) in [6.07, 6.45) is 4.97. The molecule has 4 rings (SSSR count). The van der Waals surface area contributed by atoms with Gasteiger partial charge in [0.05, 0.1) is 12.1 Å². The molecular weight excluding hydrogens is 336 g/mol. The molecule has 0 radical (unpaired) electrons. The Kier molecular flexibility index (Phi) is 3.74. The molecule has 6 heteroatoms. The number of nitrogens with zero attached hydrogens (tertiary/aromatic N) is 2. The van der Waals surface area contributed by atoms with E-state index in [-0.39, 0.29) is 11.1 Å². The molecule has 128 valence electrons. The van der Waals surface area contributed by atoms with Crippen LogP contribution in [0.2, 0.25) is 0 Å². The molecular formula is C19H18N2O3S. The average molecular weight is 354 g/mol. The lowest BCUT2D eigenvalue weighted by Gasteiger charge is -2.10. The van der Waals surface area contributed by atoms with Crippen molar-refractivity contribution in [3.8, 4) is 0 Å². The van der Waals surface area contributed by atoms with Crippen LogP contribution in [0.4, 0.5) is 0 Å². The monoisotopic (exact) mass is 354 g/mol. The summed E-state index contributed by atoms with van der Waals surface area (Å²) in [7, 11) is -3.78. The van der Waals surface area contributed by atoms with Crippen molar-refractivity contribution in [3.63, 3.8) is 0 Å². The van der Waals surface area contributed by atoms with Gasteiger partial charge in [0.25, 0.3) is 10.0 Å². The molecule has 1 unspecified atom stereocenters. The highest BCUT2D eigenvalue weighted by Crippen LogP contribution is 2.37. The third-order valence-electron chi connectivity index (χ3n) is 4.55. The third kappa shape index (κ3) is 2.49. The molecule has 0 saturated heterocycles. The van der Waals surface area contributed by atoms with Crippen LogP contribution in [0.1, 0.15) is 24.2 Å². The summed E-state index contributed by atoms with van der Waals surface area (Å²) in [5.74, 6) is 0. The minimum atomic E-state index is -3.78. The summed E-state index contributed by atoms with van der Waals surface area (Å²) in [6, 6.07) is 10.7. The molecule has 0 bridgehead atoms. The van der Waals surface area contributed by atoms with Gasteiger partial charge in [0, 0.05) is 23.3 Å². The third-order valence-corrected chi connectivity index (χ3v) is 6.13. The molecule has 1 atom stereocenters. The lowest BCUT2D eigenvalue weighted by molar-refractivity contribution is 0.124. The van der Waals surface area contributed by atoms with E-state index >= 15 is 0 Å². The number of aromatic nitrogens is 2. The van der Waals surface area contributed by atoms with E-state index in [1.807, 2.05) is 38.1 Å². The zero-order chi connectivity index (χ0) is 17.6. The summed E-state index contributed by atoms with van der Waals surface area (Å²) in [6.45, 7) is 4.46. The maximum absolute atomic E-state index is 13.2. The first-order valence-corrected chi connectivity index (χ1v) is 9.49. The lowest BCUT2D eigenvalue weighted by atomic mass is 10.0. The zero-order valence-corrected chi connectivity index (χ0v) is 14.8. The minimum Gasteiger partial charge on any atom is -0.365 e. The number of hydrogen-bond acceptors (Lipinski definition) is 4. The van der Waals surface area contributed by atoms with Gasteiger partial charge >= 0.3 is 0 Å². The predicted molar refractivity (Wildman–Crippen MR) is 95.9 cm³/mol. The molecule has 0 amide bonds. The van der Waals surface area contributed by atoms with Crippen LogP contribution < -0.4 is 0 Å². The first-order valence-electron chi connectivity index (χ1n) is 8.05. The van der Waals surface area contributed by atoms with E-state index in [1.165, 1.54) is 16.2 Å². The molecule has 25 heavy (non-hydrogen) atoms. The maximum Gasteiger partial charge on any atom is 0.285 e. The van der Waals surface area contributed by atoms with Gasteiger partial charge in [-0.25, -0.2) is 8.96 Å². The second-order valence-corrected chi connectivity index (χ2v) is 7.95. The van der Waals surface area contributed by atoms with E-state index in [0.29, 0.717) is 12.1 Å². The molecule has 5 nitrogen and oxygen atoms in total. The van der Waals surface area contributed by atoms with Gasteiger partial charge in [-0.15, -0.1) is 0 Å². The normalized spacial score (nSPS) is 17.8. The first-order chi connectivity index (χ1) is 12.0. The Morgan fingerprint density at radius 3 is 2.68 bits per heavy atom. The van der Waals surface area contributed by atoms with E-state index in [2.05, 4.69) is 4.98 Å². The molecule has 0 N–H and O–H groups in total. The summed E-state index contributed by atoms with van der Waals surface area (Å²) in [5, 5.41) is 0.917. The van der Waals surface area contributed by atoms with Crippen molar-refractivity contribution in [2.75, 3.05) is 6.61 Å². The van der Waals surface area contributed by atoms with Crippen LogP contribution >= 0.6 is 0 Å². The van der Waals surface area contributed by atoms with Crippen molar-refractivity contribution in [1.82, 2.24) is 8.96 Å². The summed E-state index contributed by atoms with van der Waals surface area (Å²) in [4.78, 5) is 4.03. The Morgan fingerprint density at radius 2 is 2.00 bits per heavy atom. The second kappa shape index (κ2) is 5.82. The highest BCUT2D eigenvalue weighted by atomic mass is 32.2. The number of benzene rings is 1. The Balaban J connectivity index is 2.01. The minimum absolute atomic E-state index is 0.0290. The topological polar surface area (TPSA) is 61.2 Å². The van der Waals surface area contributed by atoms with Crippen LogP contribution in [0, 0.1) is 6.92 Å².